The van der Waals surface area contributed by atoms with E-state index in [9.17, 15) is 4.79 Å². The van der Waals surface area contributed by atoms with Crippen molar-refractivity contribution < 1.29 is 9.53 Å². The molecule has 0 aliphatic rings. The lowest BCUT2D eigenvalue weighted by Gasteiger charge is -2.30. The minimum atomic E-state index is -0.304. The second-order valence-corrected chi connectivity index (χ2v) is 5.25. The number of para-hydroxylation sites is 1. The molecule has 22 heavy (non-hydrogen) atoms. The van der Waals surface area contributed by atoms with E-state index in [1.807, 2.05) is 55.5 Å². The molecule has 0 fully saturated rings. The molecule has 0 N–H and O–H groups in total. The highest BCUT2D eigenvalue weighted by Crippen LogP contribution is 2.19. The van der Waals surface area contributed by atoms with E-state index in [2.05, 4.69) is 11.8 Å². The van der Waals surface area contributed by atoms with Gasteiger partial charge in [0.25, 0.3) is 0 Å². The van der Waals surface area contributed by atoms with Crippen LogP contribution in [0.1, 0.15) is 37.0 Å². The Hall–Kier alpha value is -2.29. The van der Waals surface area contributed by atoms with E-state index in [0.29, 0.717) is 5.56 Å². The zero-order valence-corrected chi connectivity index (χ0v) is 13.2. The van der Waals surface area contributed by atoms with Crippen LogP contribution in [0, 0.1) is 0 Å². The van der Waals surface area contributed by atoms with Crippen molar-refractivity contribution in [2.75, 3.05) is 11.4 Å². The first-order chi connectivity index (χ1) is 10.7. The van der Waals surface area contributed by atoms with E-state index in [4.69, 9.17) is 4.74 Å². The molecule has 0 amide bonds. The van der Waals surface area contributed by atoms with Gasteiger partial charge in [-0.1, -0.05) is 49.7 Å². The van der Waals surface area contributed by atoms with Crippen molar-refractivity contribution in [2.45, 2.75) is 32.9 Å². The third-order valence-corrected chi connectivity index (χ3v) is 3.57. The maximum Gasteiger partial charge on any atom is 0.340 e. The van der Waals surface area contributed by atoms with Gasteiger partial charge in [-0.3, -0.25) is 0 Å². The van der Waals surface area contributed by atoms with Gasteiger partial charge >= 0.3 is 5.97 Å². The minimum Gasteiger partial charge on any atom is -0.438 e. The SMILES string of the molecule is CCCCN(c1ccccc1)C(C)OC(=O)c1ccccc1. The second-order valence-electron chi connectivity index (χ2n) is 5.25. The molecule has 0 radical (unpaired) electrons. The molecule has 0 bridgehead atoms. The fourth-order valence-electron chi connectivity index (χ4n) is 2.33. The molecule has 2 aromatic carbocycles. The van der Waals surface area contributed by atoms with Crippen LogP contribution >= 0.6 is 0 Å². The van der Waals surface area contributed by atoms with Gasteiger partial charge in [-0.15, -0.1) is 0 Å². The highest BCUT2D eigenvalue weighted by Gasteiger charge is 2.18. The van der Waals surface area contributed by atoms with Crippen LogP contribution in [-0.2, 0) is 4.74 Å². The number of unbranched alkanes of at least 4 members (excludes halogenated alkanes) is 1. The number of benzene rings is 2. The molecule has 116 valence electrons. The number of ether oxygens (including phenoxy) is 1. The number of rotatable bonds is 7. The van der Waals surface area contributed by atoms with E-state index in [1.54, 1.807) is 12.1 Å². The average molecular weight is 297 g/mol. The summed E-state index contributed by atoms with van der Waals surface area (Å²) in [5.74, 6) is -0.287. The number of hydrogen-bond donors (Lipinski definition) is 0. The summed E-state index contributed by atoms with van der Waals surface area (Å²) in [5, 5.41) is 0. The van der Waals surface area contributed by atoms with Crippen molar-refractivity contribution in [3.05, 3.63) is 66.2 Å². The topological polar surface area (TPSA) is 29.5 Å². The summed E-state index contributed by atoms with van der Waals surface area (Å²) in [5.41, 5.74) is 1.65. The van der Waals surface area contributed by atoms with Crippen LogP contribution in [-0.4, -0.2) is 18.7 Å². The van der Waals surface area contributed by atoms with Crippen molar-refractivity contribution in [1.29, 1.82) is 0 Å². The van der Waals surface area contributed by atoms with Gasteiger partial charge in [0.05, 0.1) is 5.56 Å². The smallest absolute Gasteiger partial charge is 0.340 e. The maximum absolute atomic E-state index is 12.2. The molecule has 0 heterocycles. The fraction of sp³-hybridized carbons (Fsp3) is 0.316. The summed E-state index contributed by atoms with van der Waals surface area (Å²) in [6, 6.07) is 19.2. The van der Waals surface area contributed by atoms with Crippen LogP contribution in [0.25, 0.3) is 0 Å². The van der Waals surface area contributed by atoms with Crippen molar-refractivity contribution in [3.63, 3.8) is 0 Å². The summed E-state index contributed by atoms with van der Waals surface area (Å²) in [6.07, 6.45) is 1.85. The Morgan fingerprint density at radius 3 is 2.23 bits per heavy atom. The average Bonchev–Trinajstić information content (AvgIpc) is 2.57. The molecule has 0 aliphatic carbocycles. The van der Waals surface area contributed by atoms with Gasteiger partial charge in [0.1, 0.15) is 0 Å². The lowest BCUT2D eigenvalue weighted by molar-refractivity contribution is 0.0333. The Bertz CT molecular complexity index is 569. The third kappa shape index (κ3) is 4.35. The Labute approximate surface area is 132 Å². The largest absolute Gasteiger partial charge is 0.438 e. The quantitative estimate of drug-likeness (QED) is 0.557. The molecule has 2 aromatic rings. The van der Waals surface area contributed by atoms with E-state index >= 15 is 0 Å². The van der Waals surface area contributed by atoms with E-state index in [0.717, 1.165) is 25.1 Å². The number of esters is 1. The van der Waals surface area contributed by atoms with Gasteiger partial charge in [0, 0.05) is 12.2 Å². The van der Waals surface area contributed by atoms with Gasteiger partial charge in [-0.2, -0.15) is 0 Å². The third-order valence-electron chi connectivity index (χ3n) is 3.57. The molecule has 0 spiro atoms. The summed E-state index contributed by atoms with van der Waals surface area (Å²) in [7, 11) is 0. The van der Waals surface area contributed by atoms with Crippen LogP contribution in [0.4, 0.5) is 5.69 Å². The Kier molecular flexibility index (Phi) is 6.01. The van der Waals surface area contributed by atoms with E-state index in [-0.39, 0.29) is 12.2 Å². The van der Waals surface area contributed by atoms with E-state index in [1.165, 1.54) is 0 Å². The van der Waals surface area contributed by atoms with Gasteiger partial charge < -0.3 is 9.64 Å². The van der Waals surface area contributed by atoms with Crippen LogP contribution in [0.5, 0.6) is 0 Å². The molecule has 0 aromatic heterocycles. The number of anilines is 1. The molecule has 1 unspecified atom stereocenters. The molecule has 0 saturated carbocycles. The molecular weight excluding hydrogens is 274 g/mol. The molecule has 3 heteroatoms. The highest BCUT2D eigenvalue weighted by molar-refractivity contribution is 5.89. The van der Waals surface area contributed by atoms with E-state index < -0.39 is 0 Å². The molecule has 3 nitrogen and oxygen atoms in total. The first-order valence-electron chi connectivity index (χ1n) is 7.80. The zero-order chi connectivity index (χ0) is 15.8. The van der Waals surface area contributed by atoms with Gasteiger partial charge in [0.15, 0.2) is 6.23 Å². The summed E-state index contributed by atoms with van der Waals surface area (Å²) in [6.45, 7) is 4.94. The Morgan fingerprint density at radius 1 is 1.05 bits per heavy atom. The summed E-state index contributed by atoms with van der Waals surface area (Å²) in [4.78, 5) is 14.3. The van der Waals surface area contributed by atoms with Crippen molar-refractivity contribution in [3.8, 4) is 0 Å². The maximum atomic E-state index is 12.2. The molecular formula is C19H23NO2. The second kappa shape index (κ2) is 8.23. The van der Waals surface area contributed by atoms with Crippen molar-refractivity contribution >= 4 is 11.7 Å². The van der Waals surface area contributed by atoms with Crippen LogP contribution < -0.4 is 4.90 Å². The summed E-state index contributed by atoms with van der Waals surface area (Å²) >= 11 is 0. The number of carbonyl (C=O) groups excluding carboxylic acids is 1. The first-order valence-corrected chi connectivity index (χ1v) is 7.80. The van der Waals surface area contributed by atoms with Gasteiger partial charge in [-0.05, 0) is 37.6 Å². The lowest BCUT2D eigenvalue weighted by atomic mass is 10.2. The van der Waals surface area contributed by atoms with Crippen molar-refractivity contribution in [1.82, 2.24) is 0 Å². The van der Waals surface area contributed by atoms with Crippen LogP contribution in [0.3, 0.4) is 0 Å². The highest BCUT2D eigenvalue weighted by atomic mass is 16.6. The van der Waals surface area contributed by atoms with Gasteiger partial charge in [-0.25, -0.2) is 4.79 Å². The molecule has 1 atom stereocenters. The lowest BCUT2D eigenvalue weighted by Crippen LogP contribution is -2.37. The number of nitrogens with zero attached hydrogens (tertiary/aromatic N) is 1. The fourth-order valence-corrected chi connectivity index (χ4v) is 2.33. The zero-order valence-electron chi connectivity index (χ0n) is 13.2. The Balaban J connectivity index is 2.08. The number of carbonyl (C=O) groups is 1. The predicted octanol–water partition coefficient (Wildman–Crippen LogP) is 4.50. The summed E-state index contributed by atoms with van der Waals surface area (Å²) < 4.78 is 5.64. The Morgan fingerprint density at radius 2 is 1.64 bits per heavy atom. The van der Waals surface area contributed by atoms with Crippen LogP contribution in [0.15, 0.2) is 60.7 Å². The van der Waals surface area contributed by atoms with Crippen molar-refractivity contribution in [2.24, 2.45) is 0 Å². The van der Waals surface area contributed by atoms with Gasteiger partial charge in [0.2, 0.25) is 0 Å². The van der Waals surface area contributed by atoms with Crippen LogP contribution in [0.2, 0.25) is 0 Å². The minimum absolute atomic E-state index is 0.287. The number of hydrogen-bond acceptors (Lipinski definition) is 3. The first kappa shape index (κ1) is 16.1. The normalized spacial score (nSPS) is 11.7. The predicted molar refractivity (Wildman–Crippen MR) is 90.0 cm³/mol. The molecule has 0 aliphatic heterocycles. The standard InChI is InChI=1S/C19H23NO2/c1-3-4-15-20(18-13-9-6-10-14-18)16(2)22-19(21)17-11-7-5-8-12-17/h5-14,16H,3-4,15H2,1-2H3. The monoisotopic (exact) mass is 297 g/mol. The molecule has 0 saturated heterocycles. The molecule has 2 rings (SSSR count).